The van der Waals surface area contributed by atoms with Gasteiger partial charge in [-0.15, -0.1) is 11.8 Å². The molecule has 0 aromatic heterocycles. The summed E-state index contributed by atoms with van der Waals surface area (Å²) in [5.74, 6) is 0.200. The zero-order chi connectivity index (χ0) is 13.1. The molecule has 0 spiro atoms. The van der Waals surface area contributed by atoms with E-state index in [1.807, 2.05) is 6.07 Å². The van der Waals surface area contributed by atoms with E-state index in [-0.39, 0.29) is 5.37 Å². The maximum atomic E-state index is 10.9. The lowest BCUT2D eigenvalue weighted by atomic mass is 10.1. The molecule has 0 bridgehead atoms. The number of aliphatic carboxylic acids is 1. The summed E-state index contributed by atoms with van der Waals surface area (Å²) in [5.41, 5.74) is 1.34. The van der Waals surface area contributed by atoms with Gasteiger partial charge >= 0.3 is 5.97 Å². The fraction of sp³-hybridized carbons (Fsp3) is 0.333. The molecule has 6 heteroatoms. The lowest BCUT2D eigenvalue weighted by Crippen LogP contribution is -2.33. The summed E-state index contributed by atoms with van der Waals surface area (Å²) in [5, 5.41) is 20.8. The van der Waals surface area contributed by atoms with Gasteiger partial charge in [0.1, 0.15) is 17.9 Å². The number of benzene rings is 1. The molecule has 1 aliphatic rings. The highest BCUT2D eigenvalue weighted by Crippen LogP contribution is 2.34. The molecule has 1 aromatic carbocycles. The molecule has 2 N–H and O–H groups in total. The average molecular weight is 264 g/mol. The van der Waals surface area contributed by atoms with Crippen LogP contribution in [0.15, 0.2) is 18.2 Å². The molecule has 1 aliphatic heterocycles. The van der Waals surface area contributed by atoms with Crippen LogP contribution in [0.5, 0.6) is 5.75 Å². The normalized spacial score (nSPS) is 22.4. The first-order chi connectivity index (χ1) is 8.65. The second kappa shape index (κ2) is 5.29. The largest absolute Gasteiger partial charge is 0.495 e. The minimum Gasteiger partial charge on any atom is -0.495 e. The first-order valence-electron chi connectivity index (χ1n) is 5.34. The van der Waals surface area contributed by atoms with Gasteiger partial charge in [-0.2, -0.15) is 5.26 Å². The smallest absolute Gasteiger partial charge is 0.321 e. The number of rotatable bonds is 3. The zero-order valence-electron chi connectivity index (χ0n) is 9.71. The van der Waals surface area contributed by atoms with Gasteiger partial charge in [0, 0.05) is 5.75 Å². The first kappa shape index (κ1) is 12.7. The number of thioether (sulfide) groups is 1. The number of nitrogens with zero attached hydrogens (tertiary/aromatic N) is 1. The number of methoxy groups -OCH3 is 1. The molecule has 2 atom stereocenters. The number of hydrogen-bond donors (Lipinski definition) is 2. The number of hydrogen-bond acceptors (Lipinski definition) is 5. The van der Waals surface area contributed by atoms with Gasteiger partial charge in [0.05, 0.1) is 18.0 Å². The Labute approximate surface area is 109 Å². The van der Waals surface area contributed by atoms with E-state index < -0.39 is 12.0 Å². The quantitative estimate of drug-likeness (QED) is 0.857. The van der Waals surface area contributed by atoms with Gasteiger partial charge in [-0.1, -0.05) is 6.07 Å². The van der Waals surface area contributed by atoms with Gasteiger partial charge in [0.25, 0.3) is 0 Å². The molecular formula is C12H12N2O3S. The molecule has 1 aromatic rings. The monoisotopic (exact) mass is 264 g/mol. The standard InChI is InChI=1S/C12H12N2O3S/c1-17-10-3-2-7(4-8(10)5-13)11-14-9(6-18-11)12(15)16/h2-4,9,11,14H,6H2,1H3,(H,15,16)/t9-,11?/m0/s1. The third kappa shape index (κ3) is 2.42. The lowest BCUT2D eigenvalue weighted by molar-refractivity contribution is -0.138. The van der Waals surface area contributed by atoms with E-state index in [0.717, 1.165) is 5.56 Å². The molecule has 0 aliphatic carbocycles. The molecule has 5 nitrogen and oxygen atoms in total. The Morgan fingerprint density at radius 2 is 2.44 bits per heavy atom. The van der Waals surface area contributed by atoms with E-state index in [4.69, 9.17) is 15.1 Å². The van der Waals surface area contributed by atoms with Crippen molar-refractivity contribution < 1.29 is 14.6 Å². The number of nitrogens with one attached hydrogen (secondary N) is 1. The van der Waals surface area contributed by atoms with Gasteiger partial charge in [-0.05, 0) is 17.7 Å². The van der Waals surface area contributed by atoms with E-state index in [1.54, 1.807) is 12.1 Å². The minimum absolute atomic E-state index is 0.0934. The van der Waals surface area contributed by atoms with Crippen molar-refractivity contribution in [2.75, 3.05) is 12.9 Å². The van der Waals surface area contributed by atoms with Crippen LogP contribution in [0.4, 0.5) is 0 Å². The minimum atomic E-state index is -0.848. The second-order valence-corrected chi connectivity index (χ2v) is 4.98. The maximum absolute atomic E-state index is 10.9. The number of ether oxygens (including phenoxy) is 1. The third-order valence-electron chi connectivity index (χ3n) is 2.73. The fourth-order valence-corrected chi connectivity index (χ4v) is 3.01. The van der Waals surface area contributed by atoms with Gasteiger partial charge in [-0.25, -0.2) is 0 Å². The highest BCUT2D eigenvalue weighted by molar-refractivity contribution is 7.99. The molecule has 2 rings (SSSR count). The van der Waals surface area contributed by atoms with Gasteiger partial charge in [0.15, 0.2) is 0 Å². The molecule has 18 heavy (non-hydrogen) atoms. The molecule has 0 saturated carbocycles. The highest BCUT2D eigenvalue weighted by atomic mass is 32.2. The van der Waals surface area contributed by atoms with Crippen LogP contribution in [0, 0.1) is 11.3 Å². The summed E-state index contributed by atoms with van der Waals surface area (Å²) in [6.45, 7) is 0. The van der Waals surface area contributed by atoms with E-state index in [0.29, 0.717) is 17.1 Å². The number of carbonyl (C=O) groups is 1. The van der Waals surface area contributed by atoms with Crippen LogP contribution < -0.4 is 10.1 Å². The number of carboxylic acid groups (broad SMARTS) is 1. The van der Waals surface area contributed by atoms with Crippen LogP contribution in [0.3, 0.4) is 0 Å². The van der Waals surface area contributed by atoms with Crippen LogP contribution in [0.1, 0.15) is 16.5 Å². The van der Waals surface area contributed by atoms with Crippen LogP contribution >= 0.6 is 11.8 Å². The Morgan fingerprint density at radius 3 is 3.00 bits per heavy atom. The van der Waals surface area contributed by atoms with Crippen molar-refractivity contribution in [1.29, 1.82) is 5.26 Å². The second-order valence-electron chi connectivity index (χ2n) is 3.84. The molecule has 94 valence electrons. The zero-order valence-corrected chi connectivity index (χ0v) is 10.5. The third-order valence-corrected chi connectivity index (χ3v) is 3.99. The fourth-order valence-electron chi connectivity index (χ4n) is 1.78. The summed E-state index contributed by atoms with van der Waals surface area (Å²) in [6.07, 6.45) is 0. The van der Waals surface area contributed by atoms with E-state index in [9.17, 15) is 4.79 Å². The Balaban J connectivity index is 2.21. The predicted molar refractivity (Wildman–Crippen MR) is 67.5 cm³/mol. The maximum Gasteiger partial charge on any atom is 0.321 e. The topological polar surface area (TPSA) is 82.3 Å². The van der Waals surface area contributed by atoms with Crippen LogP contribution in [0.25, 0.3) is 0 Å². The molecule has 1 saturated heterocycles. The summed E-state index contributed by atoms with van der Waals surface area (Å²) in [4.78, 5) is 10.9. The van der Waals surface area contributed by atoms with Crippen molar-refractivity contribution in [3.8, 4) is 11.8 Å². The SMILES string of the molecule is COc1ccc(C2N[C@H](C(=O)O)CS2)cc1C#N. The van der Waals surface area contributed by atoms with E-state index in [2.05, 4.69) is 11.4 Å². The van der Waals surface area contributed by atoms with Crippen LogP contribution in [-0.4, -0.2) is 30.0 Å². The van der Waals surface area contributed by atoms with Crippen molar-refractivity contribution >= 4 is 17.7 Å². The molecule has 1 unspecified atom stereocenters. The van der Waals surface area contributed by atoms with Crippen molar-refractivity contribution in [2.45, 2.75) is 11.4 Å². The predicted octanol–water partition coefficient (Wildman–Crippen LogP) is 1.36. The van der Waals surface area contributed by atoms with Gasteiger partial charge in [-0.3, -0.25) is 10.1 Å². The number of carboxylic acids is 1. The first-order valence-corrected chi connectivity index (χ1v) is 6.39. The molecule has 0 amide bonds. The summed E-state index contributed by atoms with van der Waals surface area (Å²) in [6, 6.07) is 6.83. The Morgan fingerprint density at radius 1 is 1.67 bits per heavy atom. The molecule has 0 radical (unpaired) electrons. The van der Waals surface area contributed by atoms with Crippen molar-refractivity contribution in [1.82, 2.24) is 5.32 Å². The highest BCUT2D eigenvalue weighted by Gasteiger charge is 2.30. The van der Waals surface area contributed by atoms with E-state index in [1.165, 1.54) is 18.9 Å². The Kier molecular flexibility index (Phi) is 3.75. The van der Waals surface area contributed by atoms with Gasteiger partial charge < -0.3 is 9.84 Å². The number of nitriles is 1. The van der Waals surface area contributed by atoms with Crippen molar-refractivity contribution in [3.05, 3.63) is 29.3 Å². The summed E-state index contributed by atoms with van der Waals surface area (Å²) in [7, 11) is 1.51. The van der Waals surface area contributed by atoms with Crippen LogP contribution in [-0.2, 0) is 4.79 Å². The lowest BCUT2D eigenvalue weighted by Gasteiger charge is -2.12. The van der Waals surface area contributed by atoms with Crippen molar-refractivity contribution in [2.24, 2.45) is 0 Å². The van der Waals surface area contributed by atoms with Gasteiger partial charge in [0.2, 0.25) is 0 Å². The van der Waals surface area contributed by atoms with Crippen LogP contribution in [0.2, 0.25) is 0 Å². The Bertz CT molecular complexity index is 513. The van der Waals surface area contributed by atoms with E-state index >= 15 is 0 Å². The van der Waals surface area contributed by atoms with Crippen molar-refractivity contribution in [3.63, 3.8) is 0 Å². The molecular weight excluding hydrogens is 252 g/mol. The average Bonchev–Trinajstić information content (AvgIpc) is 2.87. The molecule has 1 fully saturated rings. The molecule has 1 heterocycles. The Hall–Kier alpha value is -1.71. The summed E-state index contributed by atoms with van der Waals surface area (Å²) < 4.78 is 5.07. The summed E-state index contributed by atoms with van der Waals surface area (Å²) >= 11 is 1.52.